The zero-order valence-corrected chi connectivity index (χ0v) is 18.4. The van der Waals surface area contributed by atoms with Crippen molar-refractivity contribution in [3.05, 3.63) is 102 Å². The first kappa shape index (κ1) is 20.8. The van der Waals surface area contributed by atoms with Gasteiger partial charge in [-0.3, -0.25) is 9.48 Å². The summed E-state index contributed by atoms with van der Waals surface area (Å²) in [5, 5.41) is 8.00. The summed E-state index contributed by atoms with van der Waals surface area (Å²) in [6.45, 7) is 1.13. The molecule has 33 heavy (non-hydrogen) atoms. The molecule has 0 spiro atoms. The predicted molar refractivity (Wildman–Crippen MR) is 127 cm³/mol. The number of carbonyl (C=O) groups is 1. The first-order valence-corrected chi connectivity index (χ1v) is 11.0. The van der Waals surface area contributed by atoms with Crippen molar-refractivity contribution in [2.24, 2.45) is 0 Å². The van der Waals surface area contributed by atoms with E-state index in [9.17, 15) is 4.79 Å². The van der Waals surface area contributed by atoms with Crippen LogP contribution >= 0.6 is 0 Å². The Balaban J connectivity index is 1.51. The number of fused-ring (bicyclic) bond motifs is 1. The Morgan fingerprint density at radius 2 is 1.82 bits per heavy atom. The maximum Gasteiger partial charge on any atom is 0.255 e. The quantitative estimate of drug-likeness (QED) is 0.466. The number of para-hydroxylation sites is 2. The number of hydrogen-bond donors (Lipinski definition) is 1. The average Bonchev–Trinajstić information content (AvgIpc) is 3.28. The predicted octanol–water partition coefficient (Wildman–Crippen LogP) is 4.86. The van der Waals surface area contributed by atoms with Crippen LogP contribution in [-0.4, -0.2) is 29.4 Å². The summed E-state index contributed by atoms with van der Waals surface area (Å²) < 4.78 is 13.1. The summed E-state index contributed by atoms with van der Waals surface area (Å²) >= 11 is 0. The number of methoxy groups -OCH3 is 1. The summed E-state index contributed by atoms with van der Waals surface area (Å²) in [7, 11) is 1.62. The van der Waals surface area contributed by atoms with Crippen molar-refractivity contribution in [1.29, 1.82) is 0 Å². The van der Waals surface area contributed by atoms with Crippen LogP contribution in [0, 0.1) is 0 Å². The summed E-state index contributed by atoms with van der Waals surface area (Å²) in [5.74, 6) is 1.32. The normalized spacial score (nSPS) is 14.8. The topological polar surface area (TPSA) is 65.4 Å². The fraction of sp³-hybridized carbons (Fsp3) is 0.185. The third-order valence-electron chi connectivity index (χ3n) is 5.82. The van der Waals surface area contributed by atoms with Crippen LogP contribution < -0.4 is 14.8 Å². The van der Waals surface area contributed by atoms with Gasteiger partial charge >= 0.3 is 0 Å². The van der Waals surface area contributed by atoms with Crippen molar-refractivity contribution in [2.45, 2.75) is 19.0 Å². The van der Waals surface area contributed by atoms with Crippen molar-refractivity contribution in [2.75, 3.05) is 13.7 Å². The van der Waals surface area contributed by atoms with Crippen LogP contribution in [0.15, 0.2) is 85.1 Å². The number of ether oxygens (including phenoxy) is 2. The number of nitrogens with one attached hydrogen (secondary N) is 1. The first-order valence-electron chi connectivity index (χ1n) is 11.0. The molecule has 1 amide bonds. The second-order valence-corrected chi connectivity index (χ2v) is 7.98. The van der Waals surface area contributed by atoms with Crippen molar-refractivity contribution < 1.29 is 14.3 Å². The number of rotatable bonds is 6. The SMILES string of the molecule is COc1ccccc1-c1nn(Cc2ccccc2)cc1C(=O)N[C@@H]1CCOc2ccccc21. The van der Waals surface area contributed by atoms with Gasteiger partial charge in [-0.15, -0.1) is 0 Å². The molecule has 1 aliphatic rings. The second kappa shape index (κ2) is 9.20. The molecule has 6 nitrogen and oxygen atoms in total. The minimum absolute atomic E-state index is 0.120. The second-order valence-electron chi connectivity index (χ2n) is 7.98. The van der Waals surface area contributed by atoms with E-state index in [-0.39, 0.29) is 11.9 Å². The van der Waals surface area contributed by atoms with Crippen molar-refractivity contribution in [3.8, 4) is 22.8 Å². The average molecular weight is 440 g/mol. The van der Waals surface area contributed by atoms with Crippen LogP contribution in [0.2, 0.25) is 0 Å². The van der Waals surface area contributed by atoms with E-state index in [2.05, 4.69) is 5.32 Å². The fourth-order valence-electron chi connectivity index (χ4n) is 4.21. The van der Waals surface area contributed by atoms with Crippen LogP contribution in [0.25, 0.3) is 11.3 Å². The maximum absolute atomic E-state index is 13.5. The van der Waals surface area contributed by atoms with Gasteiger partial charge in [-0.05, 0) is 23.8 Å². The van der Waals surface area contributed by atoms with Crippen molar-refractivity contribution in [1.82, 2.24) is 15.1 Å². The third kappa shape index (κ3) is 4.32. The molecule has 0 saturated heterocycles. The van der Waals surface area contributed by atoms with Gasteiger partial charge in [0.25, 0.3) is 5.91 Å². The first-order chi connectivity index (χ1) is 16.2. The van der Waals surface area contributed by atoms with E-state index in [1.165, 1.54) is 0 Å². The lowest BCUT2D eigenvalue weighted by Gasteiger charge is -2.26. The van der Waals surface area contributed by atoms with E-state index in [1.807, 2.05) is 89.7 Å². The molecule has 1 N–H and O–H groups in total. The van der Waals surface area contributed by atoms with Gasteiger partial charge in [-0.2, -0.15) is 5.10 Å². The lowest BCUT2D eigenvalue weighted by atomic mass is 9.99. The number of amides is 1. The fourth-order valence-corrected chi connectivity index (χ4v) is 4.21. The van der Waals surface area contributed by atoms with E-state index < -0.39 is 0 Å². The summed E-state index contributed by atoms with van der Waals surface area (Å²) in [6, 6.07) is 25.4. The van der Waals surface area contributed by atoms with Gasteiger partial charge in [0.05, 0.1) is 31.9 Å². The van der Waals surface area contributed by atoms with Crippen LogP contribution in [0.1, 0.15) is 33.9 Å². The number of hydrogen-bond acceptors (Lipinski definition) is 4. The monoisotopic (exact) mass is 439 g/mol. The van der Waals surface area contributed by atoms with Gasteiger partial charge in [-0.25, -0.2) is 0 Å². The highest BCUT2D eigenvalue weighted by Gasteiger charge is 2.26. The number of carbonyl (C=O) groups excluding carboxylic acids is 1. The molecule has 6 heteroatoms. The molecular weight excluding hydrogens is 414 g/mol. The molecule has 0 unspecified atom stereocenters. The lowest BCUT2D eigenvalue weighted by molar-refractivity contribution is 0.0925. The molecule has 0 radical (unpaired) electrons. The molecular formula is C27H25N3O3. The molecule has 2 heterocycles. The Morgan fingerprint density at radius 3 is 2.67 bits per heavy atom. The maximum atomic E-state index is 13.5. The number of aromatic nitrogens is 2. The Bertz CT molecular complexity index is 1270. The number of nitrogens with zero attached hydrogens (tertiary/aromatic N) is 2. The van der Waals surface area contributed by atoms with Gasteiger partial charge in [0, 0.05) is 23.7 Å². The highest BCUT2D eigenvalue weighted by molar-refractivity contribution is 6.00. The Morgan fingerprint density at radius 1 is 1.06 bits per heavy atom. The zero-order chi connectivity index (χ0) is 22.6. The molecule has 0 saturated carbocycles. The van der Waals surface area contributed by atoms with Gasteiger partial charge in [0.2, 0.25) is 0 Å². The van der Waals surface area contributed by atoms with Gasteiger partial charge in [0.15, 0.2) is 0 Å². The highest BCUT2D eigenvalue weighted by Crippen LogP contribution is 2.34. The van der Waals surface area contributed by atoms with E-state index in [1.54, 1.807) is 7.11 Å². The summed E-state index contributed by atoms with van der Waals surface area (Å²) in [6.07, 6.45) is 2.53. The van der Waals surface area contributed by atoms with Gasteiger partial charge < -0.3 is 14.8 Å². The molecule has 0 aliphatic carbocycles. The van der Waals surface area contributed by atoms with E-state index >= 15 is 0 Å². The smallest absolute Gasteiger partial charge is 0.255 e. The molecule has 0 fully saturated rings. The Kier molecular flexibility index (Phi) is 5.81. The van der Waals surface area contributed by atoms with Crippen molar-refractivity contribution in [3.63, 3.8) is 0 Å². The third-order valence-corrected chi connectivity index (χ3v) is 5.82. The largest absolute Gasteiger partial charge is 0.496 e. The van der Waals surface area contributed by atoms with Crippen LogP contribution in [0.4, 0.5) is 0 Å². The molecule has 1 atom stereocenters. The standard InChI is InChI=1S/C27H25N3O3/c1-32-24-13-7-6-12-21(24)26-22(18-30(29-26)17-19-9-3-2-4-10-19)27(31)28-23-15-16-33-25-14-8-5-11-20(23)25/h2-14,18,23H,15-17H2,1H3,(H,28,31)/t23-/m1/s1. The molecule has 5 rings (SSSR count). The van der Waals surface area contributed by atoms with Crippen LogP contribution in [0.3, 0.4) is 0 Å². The molecule has 0 bridgehead atoms. The highest BCUT2D eigenvalue weighted by atomic mass is 16.5. The summed E-state index contributed by atoms with van der Waals surface area (Å²) in [5.41, 5.74) is 3.99. The molecule has 3 aromatic carbocycles. The molecule has 1 aromatic heterocycles. The van der Waals surface area contributed by atoms with E-state index in [0.717, 1.165) is 22.4 Å². The molecule has 1 aliphatic heterocycles. The van der Waals surface area contributed by atoms with Crippen molar-refractivity contribution >= 4 is 5.91 Å². The summed E-state index contributed by atoms with van der Waals surface area (Å²) in [4.78, 5) is 13.5. The lowest BCUT2D eigenvalue weighted by Crippen LogP contribution is -2.32. The van der Waals surface area contributed by atoms with Crippen LogP contribution in [0.5, 0.6) is 11.5 Å². The Hall–Kier alpha value is -4.06. The Labute approximate surface area is 192 Å². The molecule has 4 aromatic rings. The van der Waals surface area contributed by atoms with E-state index in [0.29, 0.717) is 36.6 Å². The minimum atomic E-state index is -0.170. The van der Waals surface area contributed by atoms with E-state index in [4.69, 9.17) is 14.6 Å². The number of benzene rings is 3. The minimum Gasteiger partial charge on any atom is -0.496 e. The van der Waals surface area contributed by atoms with Gasteiger partial charge in [0.1, 0.15) is 17.2 Å². The van der Waals surface area contributed by atoms with Gasteiger partial charge in [-0.1, -0.05) is 60.7 Å². The molecule has 166 valence electrons. The van der Waals surface area contributed by atoms with Crippen LogP contribution in [-0.2, 0) is 6.54 Å². The zero-order valence-electron chi connectivity index (χ0n) is 18.4.